The summed E-state index contributed by atoms with van der Waals surface area (Å²) in [6, 6.07) is 7.22. The molecule has 0 aromatic heterocycles. The van der Waals surface area contributed by atoms with E-state index >= 15 is 0 Å². The highest BCUT2D eigenvalue weighted by molar-refractivity contribution is 6.01. The van der Waals surface area contributed by atoms with Gasteiger partial charge in [0.15, 0.2) is 0 Å². The molecule has 2 aromatic rings. The Hall–Kier alpha value is -3.03. The maximum atomic E-state index is 13.9. The third-order valence-corrected chi connectivity index (χ3v) is 4.15. The van der Waals surface area contributed by atoms with Crippen molar-refractivity contribution in [3.63, 3.8) is 0 Å². The number of hydrogen-bond donors (Lipinski definition) is 1. The van der Waals surface area contributed by atoms with Crippen molar-refractivity contribution in [2.45, 2.75) is 19.4 Å². The van der Waals surface area contributed by atoms with E-state index in [1.54, 1.807) is 13.0 Å². The van der Waals surface area contributed by atoms with E-state index in [9.17, 15) is 23.7 Å². The van der Waals surface area contributed by atoms with Crippen LogP contribution in [0, 0.1) is 28.7 Å². The summed E-state index contributed by atoms with van der Waals surface area (Å²) in [7, 11) is 0. The van der Waals surface area contributed by atoms with E-state index in [0.717, 1.165) is 17.0 Å². The summed E-state index contributed by atoms with van der Waals surface area (Å²) < 4.78 is 27.8. The molecule has 1 saturated heterocycles. The van der Waals surface area contributed by atoms with Crippen LogP contribution in [0.2, 0.25) is 0 Å². The van der Waals surface area contributed by atoms with Gasteiger partial charge in [-0.15, -0.1) is 0 Å². The standard InChI is InChI=1S/C17H15F2N3O3/c1-10-9-11(5-6-15(10)22(24)25)20-14-7-8-21(17(14)23)16-12(18)3-2-4-13(16)19/h2-6,9,14,20H,7-8H2,1H3. The third kappa shape index (κ3) is 3.15. The Kier molecular flexibility index (Phi) is 4.35. The molecule has 130 valence electrons. The number of carbonyl (C=O) groups excluding carboxylic acids is 1. The fourth-order valence-electron chi connectivity index (χ4n) is 2.93. The maximum Gasteiger partial charge on any atom is 0.272 e. The van der Waals surface area contributed by atoms with Gasteiger partial charge in [0.2, 0.25) is 5.91 Å². The van der Waals surface area contributed by atoms with Gasteiger partial charge in [0, 0.05) is 23.9 Å². The van der Waals surface area contributed by atoms with Gasteiger partial charge in [-0.2, -0.15) is 0 Å². The summed E-state index contributed by atoms with van der Waals surface area (Å²) in [5.74, 6) is -2.03. The fourth-order valence-corrected chi connectivity index (χ4v) is 2.93. The Morgan fingerprint density at radius 3 is 2.52 bits per heavy atom. The molecule has 1 aliphatic heterocycles. The summed E-state index contributed by atoms with van der Waals surface area (Å²) in [5.41, 5.74) is 0.629. The Morgan fingerprint density at radius 2 is 1.92 bits per heavy atom. The van der Waals surface area contributed by atoms with Crippen LogP contribution in [0.5, 0.6) is 0 Å². The molecule has 25 heavy (non-hydrogen) atoms. The van der Waals surface area contributed by atoms with Gasteiger partial charge in [-0.25, -0.2) is 8.78 Å². The van der Waals surface area contributed by atoms with E-state index in [1.165, 1.54) is 18.2 Å². The molecule has 1 unspecified atom stereocenters. The van der Waals surface area contributed by atoms with Crippen LogP contribution >= 0.6 is 0 Å². The number of carbonyl (C=O) groups is 1. The van der Waals surface area contributed by atoms with Gasteiger partial charge in [0.25, 0.3) is 5.69 Å². The van der Waals surface area contributed by atoms with Crippen molar-refractivity contribution in [3.05, 3.63) is 63.7 Å². The number of rotatable bonds is 4. The predicted octanol–water partition coefficient (Wildman–Crippen LogP) is 3.40. The molecule has 0 aliphatic carbocycles. The van der Waals surface area contributed by atoms with Crippen LogP contribution in [0.1, 0.15) is 12.0 Å². The topological polar surface area (TPSA) is 75.5 Å². The predicted molar refractivity (Wildman–Crippen MR) is 88.6 cm³/mol. The normalized spacial score (nSPS) is 17.0. The summed E-state index contributed by atoms with van der Waals surface area (Å²) in [5, 5.41) is 13.8. The molecule has 6 nitrogen and oxygen atoms in total. The van der Waals surface area contributed by atoms with E-state index in [0.29, 0.717) is 17.7 Å². The first-order valence-corrected chi connectivity index (χ1v) is 7.65. The molecule has 3 rings (SSSR count). The second-order valence-corrected chi connectivity index (χ2v) is 5.80. The highest BCUT2D eigenvalue weighted by Gasteiger charge is 2.35. The maximum absolute atomic E-state index is 13.9. The van der Waals surface area contributed by atoms with Crippen LogP contribution in [0.3, 0.4) is 0 Å². The molecular formula is C17H15F2N3O3. The van der Waals surface area contributed by atoms with Gasteiger partial charge in [-0.1, -0.05) is 6.07 Å². The number of nitrogens with one attached hydrogen (secondary N) is 1. The lowest BCUT2D eigenvalue weighted by Gasteiger charge is -2.19. The lowest BCUT2D eigenvalue weighted by atomic mass is 10.1. The quantitative estimate of drug-likeness (QED) is 0.679. The molecule has 0 radical (unpaired) electrons. The monoisotopic (exact) mass is 347 g/mol. The first kappa shape index (κ1) is 16.8. The average molecular weight is 347 g/mol. The van der Waals surface area contributed by atoms with Crippen LogP contribution in [0.4, 0.5) is 25.8 Å². The molecule has 0 bridgehead atoms. The number of amides is 1. The minimum atomic E-state index is -0.791. The Balaban J connectivity index is 1.79. The molecular weight excluding hydrogens is 332 g/mol. The van der Waals surface area contributed by atoms with Crippen LogP contribution in [0.15, 0.2) is 36.4 Å². The lowest BCUT2D eigenvalue weighted by Crippen LogP contribution is -2.34. The highest BCUT2D eigenvalue weighted by Crippen LogP contribution is 2.29. The van der Waals surface area contributed by atoms with E-state index in [-0.39, 0.29) is 17.9 Å². The average Bonchev–Trinajstić information content (AvgIpc) is 2.88. The van der Waals surface area contributed by atoms with Crippen molar-refractivity contribution >= 4 is 23.0 Å². The molecule has 1 heterocycles. The number of nitro benzene ring substituents is 1. The first-order chi connectivity index (χ1) is 11.9. The van der Waals surface area contributed by atoms with E-state index < -0.39 is 28.5 Å². The number of aryl methyl sites for hydroxylation is 1. The Labute approximate surface area is 142 Å². The minimum Gasteiger partial charge on any atom is -0.374 e. The van der Waals surface area contributed by atoms with Crippen molar-refractivity contribution < 1.29 is 18.5 Å². The largest absolute Gasteiger partial charge is 0.374 e. The van der Waals surface area contributed by atoms with Gasteiger partial charge in [0.1, 0.15) is 23.4 Å². The molecule has 0 spiro atoms. The van der Waals surface area contributed by atoms with Crippen molar-refractivity contribution in [1.82, 2.24) is 0 Å². The summed E-state index contributed by atoms with van der Waals surface area (Å²) in [6.45, 7) is 1.78. The summed E-state index contributed by atoms with van der Waals surface area (Å²) in [6.07, 6.45) is 0.364. The molecule has 1 amide bonds. The van der Waals surface area contributed by atoms with Crippen LogP contribution < -0.4 is 10.2 Å². The number of para-hydroxylation sites is 1. The van der Waals surface area contributed by atoms with Crippen LogP contribution in [0.25, 0.3) is 0 Å². The van der Waals surface area contributed by atoms with Crippen molar-refractivity contribution in [1.29, 1.82) is 0 Å². The van der Waals surface area contributed by atoms with Gasteiger partial charge in [-0.3, -0.25) is 14.9 Å². The van der Waals surface area contributed by atoms with Gasteiger partial charge < -0.3 is 10.2 Å². The van der Waals surface area contributed by atoms with Crippen LogP contribution in [-0.2, 0) is 4.79 Å². The third-order valence-electron chi connectivity index (χ3n) is 4.15. The smallest absolute Gasteiger partial charge is 0.272 e. The Bertz CT molecular complexity index is 837. The highest BCUT2D eigenvalue weighted by atomic mass is 19.1. The number of halogens is 2. The van der Waals surface area contributed by atoms with Gasteiger partial charge in [-0.05, 0) is 37.6 Å². The second kappa shape index (κ2) is 6.46. The van der Waals surface area contributed by atoms with Gasteiger partial charge in [0.05, 0.1) is 4.92 Å². The summed E-state index contributed by atoms with van der Waals surface area (Å²) >= 11 is 0. The van der Waals surface area contributed by atoms with Crippen molar-refractivity contribution in [2.24, 2.45) is 0 Å². The van der Waals surface area contributed by atoms with Crippen molar-refractivity contribution in [3.8, 4) is 0 Å². The number of nitro groups is 1. The minimum absolute atomic E-state index is 0.0154. The Morgan fingerprint density at radius 1 is 1.24 bits per heavy atom. The lowest BCUT2D eigenvalue weighted by molar-refractivity contribution is -0.385. The molecule has 1 N–H and O–H groups in total. The van der Waals surface area contributed by atoms with Crippen molar-refractivity contribution in [2.75, 3.05) is 16.8 Å². The number of nitrogens with zero attached hydrogens (tertiary/aromatic N) is 2. The van der Waals surface area contributed by atoms with Crippen LogP contribution in [-0.4, -0.2) is 23.4 Å². The number of anilines is 2. The molecule has 1 aliphatic rings. The van der Waals surface area contributed by atoms with E-state index in [1.807, 2.05) is 0 Å². The zero-order valence-corrected chi connectivity index (χ0v) is 13.3. The first-order valence-electron chi connectivity index (χ1n) is 7.65. The molecule has 1 fully saturated rings. The fraction of sp³-hybridized carbons (Fsp3) is 0.235. The number of benzene rings is 2. The van der Waals surface area contributed by atoms with Gasteiger partial charge >= 0.3 is 0 Å². The van der Waals surface area contributed by atoms with E-state index in [2.05, 4.69) is 5.32 Å². The van der Waals surface area contributed by atoms with E-state index in [4.69, 9.17) is 0 Å². The SMILES string of the molecule is Cc1cc(NC2CCN(c3c(F)cccc3F)C2=O)ccc1[N+](=O)[O-]. The number of hydrogen-bond acceptors (Lipinski definition) is 4. The molecule has 2 aromatic carbocycles. The zero-order valence-electron chi connectivity index (χ0n) is 13.3. The zero-order chi connectivity index (χ0) is 18.1. The molecule has 1 atom stereocenters. The molecule has 0 saturated carbocycles. The summed E-state index contributed by atoms with van der Waals surface area (Å²) in [4.78, 5) is 23.9. The second-order valence-electron chi connectivity index (χ2n) is 5.80. The molecule has 8 heteroatoms.